The molecule has 0 atom stereocenters. The van der Waals surface area contributed by atoms with Crippen LogP contribution < -0.4 is 5.73 Å². The zero-order chi connectivity index (χ0) is 31.3. The van der Waals surface area contributed by atoms with Gasteiger partial charge >= 0.3 is 0 Å². The van der Waals surface area contributed by atoms with Crippen LogP contribution in [0.1, 0.15) is 5.56 Å². The number of ether oxygens (including phenoxy) is 12. The maximum Gasteiger partial charge on any atom is 0.0718 e. The fraction of sp³-hybridized carbons (Fsp3) is 0.806. The van der Waals surface area contributed by atoms with Gasteiger partial charge in [0.25, 0.3) is 0 Å². The van der Waals surface area contributed by atoms with E-state index in [1.54, 1.807) is 0 Å². The van der Waals surface area contributed by atoms with E-state index >= 15 is 0 Å². The molecule has 0 saturated heterocycles. The first kappa shape index (κ1) is 40.7. The van der Waals surface area contributed by atoms with E-state index in [0.29, 0.717) is 165 Å². The summed E-state index contributed by atoms with van der Waals surface area (Å²) >= 11 is 0. The second-order valence-corrected chi connectivity index (χ2v) is 9.06. The third kappa shape index (κ3) is 32.1. The Bertz CT molecular complexity index is 662. The van der Waals surface area contributed by atoms with Gasteiger partial charge in [0.15, 0.2) is 0 Å². The Morgan fingerprint density at radius 1 is 0.295 bits per heavy atom. The lowest BCUT2D eigenvalue weighted by molar-refractivity contribution is -0.0284. The van der Waals surface area contributed by atoms with Gasteiger partial charge in [-0.2, -0.15) is 0 Å². The first-order chi connectivity index (χ1) is 21.9. The van der Waals surface area contributed by atoms with Gasteiger partial charge in [-0.1, -0.05) is 30.3 Å². The van der Waals surface area contributed by atoms with Gasteiger partial charge < -0.3 is 62.6 Å². The van der Waals surface area contributed by atoms with Crippen LogP contribution in [-0.2, 0) is 63.4 Å². The summed E-state index contributed by atoms with van der Waals surface area (Å²) in [5, 5.41) is 0. The van der Waals surface area contributed by atoms with Crippen LogP contribution in [0.25, 0.3) is 0 Å². The minimum Gasteiger partial charge on any atom is -0.378 e. The molecular formula is C31H57NO12. The van der Waals surface area contributed by atoms with Gasteiger partial charge in [0.1, 0.15) is 0 Å². The molecule has 0 saturated carbocycles. The molecule has 0 fully saturated rings. The van der Waals surface area contributed by atoms with Gasteiger partial charge in [0.05, 0.1) is 159 Å². The Kier molecular flexibility index (Phi) is 33.5. The van der Waals surface area contributed by atoms with Crippen LogP contribution in [0.15, 0.2) is 30.3 Å². The van der Waals surface area contributed by atoms with Gasteiger partial charge in [-0.3, -0.25) is 0 Å². The summed E-state index contributed by atoms with van der Waals surface area (Å²) in [5.74, 6) is 0. The monoisotopic (exact) mass is 635 g/mol. The largest absolute Gasteiger partial charge is 0.378 e. The maximum absolute atomic E-state index is 5.56. The first-order valence-corrected chi connectivity index (χ1v) is 15.6. The molecule has 0 aliphatic heterocycles. The minimum atomic E-state index is 0.512. The lowest BCUT2D eigenvalue weighted by Gasteiger charge is -2.09. The highest BCUT2D eigenvalue weighted by atomic mass is 16.6. The molecule has 0 heterocycles. The van der Waals surface area contributed by atoms with E-state index in [4.69, 9.17) is 62.6 Å². The van der Waals surface area contributed by atoms with E-state index in [1.807, 2.05) is 30.3 Å². The van der Waals surface area contributed by atoms with E-state index in [1.165, 1.54) is 0 Å². The lowest BCUT2D eigenvalue weighted by Crippen LogP contribution is -2.15. The number of hydrogen-bond donors (Lipinski definition) is 1. The summed E-state index contributed by atoms with van der Waals surface area (Å²) in [6.07, 6.45) is 0. The van der Waals surface area contributed by atoms with Crippen molar-refractivity contribution in [2.75, 3.05) is 159 Å². The minimum absolute atomic E-state index is 0.512. The van der Waals surface area contributed by atoms with Crippen molar-refractivity contribution in [2.45, 2.75) is 6.61 Å². The zero-order valence-corrected chi connectivity index (χ0v) is 26.5. The van der Waals surface area contributed by atoms with E-state index in [-0.39, 0.29) is 0 Å². The summed E-state index contributed by atoms with van der Waals surface area (Å²) in [7, 11) is 0. The fourth-order valence-corrected chi connectivity index (χ4v) is 3.27. The van der Waals surface area contributed by atoms with E-state index in [2.05, 4.69) is 0 Å². The Balaban J connectivity index is 1.61. The molecule has 0 aliphatic rings. The fourth-order valence-electron chi connectivity index (χ4n) is 3.27. The van der Waals surface area contributed by atoms with E-state index in [9.17, 15) is 0 Å². The summed E-state index contributed by atoms with van der Waals surface area (Å²) in [6, 6.07) is 10.1. The molecule has 0 bridgehead atoms. The van der Waals surface area contributed by atoms with Gasteiger partial charge in [-0.25, -0.2) is 0 Å². The van der Waals surface area contributed by atoms with Crippen molar-refractivity contribution >= 4 is 0 Å². The SMILES string of the molecule is NCCOCCOCCOCCOCCOCCOCCOCCOCCOCCOCCOCCOCc1ccccc1. The molecule has 0 spiro atoms. The number of rotatable bonds is 37. The van der Waals surface area contributed by atoms with Gasteiger partial charge in [0, 0.05) is 6.54 Å². The average molecular weight is 636 g/mol. The van der Waals surface area contributed by atoms with Gasteiger partial charge in [0.2, 0.25) is 0 Å². The lowest BCUT2D eigenvalue weighted by atomic mass is 10.2. The summed E-state index contributed by atoms with van der Waals surface area (Å²) in [6.45, 7) is 13.3. The third-order valence-corrected chi connectivity index (χ3v) is 5.47. The summed E-state index contributed by atoms with van der Waals surface area (Å²) < 4.78 is 65.3. The molecule has 0 radical (unpaired) electrons. The highest BCUT2D eigenvalue weighted by molar-refractivity contribution is 5.13. The second kappa shape index (κ2) is 36.2. The maximum atomic E-state index is 5.56. The van der Waals surface area contributed by atoms with Crippen molar-refractivity contribution in [1.29, 1.82) is 0 Å². The average Bonchev–Trinajstić information content (AvgIpc) is 3.05. The van der Waals surface area contributed by atoms with Crippen molar-refractivity contribution in [3.8, 4) is 0 Å². The molecule has 0 unspecified atom stereocenters. The van der Waals surface area contributed by atoms with E-state index in [0.717, 1.165) is 5.56 Å². The second-order valence-electron chi connectivity index (χ2n) is 9.06. The Morgan fingerprint density at radius 2 is 0.523 bits per heavy atom. The van der Waals surface area contributed by atoms with Crippen molar-refractivity contribution < 1.29 is 56.8 Å². The molecule has 2 N–H and O–H groups in total. The highest BCUT2D eigenvalue weighted by Crippen LogP contribution is 2.00. The zero-order valence-electron chi connectivity index (χ0n) is 26.5. The number of benzene rings is 1. The molecule has 1 rings (SSSR count). The Hall–Kier alpha value is -1.30. The normalized spacial score (nSPS) is 11.5. The smallest absolute Gasteiger partial charge is 0.0718 e. The van der Waals surface area contributed by atoms with Crippen molar-refractivity contribution in [1.82, 2.24) is 0 Å². The summed E-state index contributed by atoms with van der Waals surface area (Å²) in [4.78, 5) is 0. The van der Waals surface area contributed by atoms with Crippen LogP contribution in [0.5, 0.6) is 0 Å². The summed E-state index contributed by atoms with van der Waals surface area (Å²) in [5.41, 5.74) is 6.49. The van der Waals surface area contributed by atoms with Crippen LogP contribution in [0.4, 0.5) is 0 Å². The molecular weight excluding hydrogens is 578 g/mol. The molecule has 44 heavy (non-hydrogen) atoms. The predicted molar refractivity (Wildman–Crippen MR) is 164 cm³/mol. The van der Waals surface area contributed by atoms with Crippen LogP contribution in [-0.4, -0.2) is 159 Å². The Morgan fingerprint density at radius 3 is 0.773 bits per heavy atom. The van der Waals surface area contributed by atoms with Crippen molar-refractivity contribution in [3.05, 3.63) is 35.9 Å². The predicted octanol–water partition coefficient (Wildman–Crippen LogP) is 1.34. The molecule has 0 aromatic heterocycles. The quantitative estimate of drug-likeness (QED) is 0.105. The van der Waals surface area contributed by atoms with Crippen LogP contribution in [0, 0.1) is 0 Å². The van der Waals surface area contributed by atoms with Gasteiger partial charge in [-0.15, -0.1) is 0 Å². The molecule has 13 nitrogen and oxygen atoms in total. The standard InChI is InChI=1S/C31H57NO12/c32-6-7-33-8-9-34-10-11-35-12-13-36-14-15-37-16-17-38-18-19-39-20-21-40-22-23-41-24-25-42-26-27-43-28-29-44-30-31-4-2-1-3-5-31/h1-5H,6-30,32H2. The van der Waals surface area contributed by atoms with Gasteiger partial charge in [-0.05, 0) is 5.56 Å². The molecule has 0 aliphatic carbocycles. The Labute approximate surface area is 263 Å². The number of hydrogen-bond acceptors (Lipinski definition) is 13. The van der Waals surface area contributed by atoms with Crippen LogP contribution >= 0.6 is 0 Å². The topological polar surface area (TPSA) is 137 Å². The van der Waals surface area contributed by atoms with E-state index < -0.39 is 0 Å². The molecule has 0 amide bonds. The molecule has 1 aromatic carbocycles. The van der Waals surface area contributed by atoms with Crippen LogP contribution in [0.2, 0.25) is 0 Å². The van der Waals surface area contributed by atoms with Crippen LogP contribution in [0.3, 0.4) is 0 Å². The molecule has 13 heteroatoms. The first-order valence-electron chi connectivity index (χ1n) is 15.6. The van der Waals surface area contributed by atoms with Crippen molar-refractivity contribution in [2.24, 2.45) is 5.73 Å². The molecule has 1 aromatic rings. The number of nitrogens with two attached hydrogens (primary N) is 1. The molecule has 258 valence electrons. The highest BCUT2D eigenvalue weighted by Gasteiger charge is 1.97. The van der Waals surface area contributed by atoms with Crippen molar-refractivity contribution in [3.63, 3.8) is 0 Å². The third-order valence-electron chi connectivity index (χ3n) is 5.47.